The van der Waals surface area contributed by atoms with Crippen molar-refractivity contribution >= 4 is 34.3 Å². The predicted octanol–water partition coefficient (Wildman–Crippen LogP) is 3.85. The molecule has 0 aliphatic carbocycles. The number of nitrogens with zero attached hydrogens (tertiary/aromatic N) is 2. The Labute approximate surface area is 173 Å². The first-order valence-electron chi connectivity index (χ1n) is 9.59. The number of aromatic nitrogens is 1. The van der Waals surface area contributed by atoms with Gasteiger partial charge in [-0.2, -0.15) is 0 Å². The van der Waals surface area contributed by atoms with Gasteiger partial charge in [-0.3, -0.25) is 9.59 Å². The monoisotopic (exact) mass is 413 g/mol. The van der Waals surface area contributed by atoms with Crippen molar-refractivity contribution in [1.29, 1.82) is 0 Å². The summed E-state index contributed by atoms with van der Waals surface area (Å²) in [5.74, 6) is -0.892. The highest BCUT2D eigenvalue weighted by atomic mass is 35.5. The lowest BCUT2D eigenvalue weighted by Crippen LogP contribution is -2.47. The fourth-order valence-corrected chi connectivity index (χ4v) is 3.92. The number of fused-ring (bicyclic) bond motifs is 1. The molecule has 0 saturated carbocycles. The van der Waals surface area contributed by atoms with Crippen molar-refractivity contribution in [3.8, 4) is 0 Å². The summed E-state index contributed by atoms with van der Waals surface area (Å²) in [6.07, 6.45) is 3.16. The maximum absolute atomic E-state index is 13.8. The van der Waals surface area contributed by atoms with E-state index >= 15 is 0 Å². The van der Waals surface area contributed by atoms with E-state index in [-0.39, 0.29) is 30.0 Å². The van der Waals surface area contributed by atoms with Crippen LogP contribution in [0.3, 0.4) is 0 Å². The normalized spacial score (nSPS) is 14.9. The molecule has 1 aliphatic heterocycles. The number of hydrogen-bond acceptors (Lipinski definition) is 2. The molecule has 4 rings (SSSR count). The minimum absolute atomic E-state index is 0.00224. The second-order valence-electron chi connectivity index (χ2n) is 7.26. The van der Waals surface area contributed by atoms with Crippen LogP contribution in [0.1, 0.15) is 23.2 Å². The topological polar surface area (TPSA) is 54.3 Å². The van der Waals surface area contributed by atoms with E-state index in [4.69, 9.17) is 11.6 Å². The first-order valence-corrected chi connectivity index (χ1v) is 9.96. The van der Waals surface area contributed by atoms with E-state index in [2.05, 4.69) is 5.32 Å². The maximum atomic E-state index is 13.8. The number of carbonyl (C=O) groups excluding carboxylic acids is 2. The Bertz CT molecular complexity index is 1060. The van der Waals surface area contributed by atoms with Crippen molar-refractivity contribution in [2.45, 2.75) is 25.4 Å². The van der Waals surface area contributed by atoms with Gasteiger partial charge in [0.05, 0.1) is 5.56 Å². The van der Waals surface area contributed by atoms with Crippen LogP contribution in [0.15, 0.2) is 54.7 Å². The number of halogens is 2. The molecule has 2 aromatic carbocycles. The minimum atomic E-state index is -0.507. The van der Waals surface area contributed by atoms with Crippen LogP contribution in [-0.2, 0) is 11.3 Å². The van der Waals surface area contributed by atoms with E-state index < -0.39 is 5.82 Å². The lowest BCUT2D eigenvalue weighted by Gasteiger charge is -2.32. The second kappa shape index (κ2) is 8.25. The van der Waals surface area contributed by atoms with Crippen molar-refractivity contribution in [1.82, 2.24) is 14.8 Å². The molecule has 150 valence electrons. The van der Waals surface area contributed by atoms with E-state index in [9.17, 15) is 14.0 Å². The molecule has 1 aromatic heterocycles. The average Bonchev–Trinajstić information content (AvgIpc) is 3.10. The third-order valence-electron chi connectivity index (χ3n) is 5.30. The first kappa shape index (κ1) is 19.5. The molecular formula is C22H21ClFN3O2. The molecule has 1 saturated heterocycles. The molecule has 5 nitrogen and oxygen atoms in total. The number of carbonyl (C=O) groups is 2. The Morgan fingerprint density at radius 2 is 1.86 bits per heavy atom. The molecule has 0 bridgehead atoms. The molecule has 7 heteroatoms. The zero-order chi connectivity index (χ0) is 20.4. The average molecular weight is 414 g/mol. The standard InChI is InChI=1S/C22H21ClFN3O2/c23-16-6-5-15-7-10-27(20(15)13-16)14-21(28)25-17-8-11-26(12-9-17)22(29)18-3-1-2-4-19(18)24/h1-7,10,13,17H,8-9,11-12,14H2,(H,25,28). The fourth-order valence-electron chi connectivity index (χ4n) is 3.75. The Morgan fingerprint density at radius 1 is 1.10 bits per heavy atom. The van der Waals surface area contributed by atoms with E-state index in [0.29, 0.717) is 31.0 Å². The maximum Gasteiger partial charge on any atom is 0.256 e. The second-order valence-corrected chi connectivity index (χ2v) is 7.70. The molecule has 2 heterocycles. The first-order chi connectivity index (χ1) is 14.0. The molecule has 0 spiro atoms. The van der Waals surface area contributed by atoms with Gasteiger partial charge in [0.1, 0.15) is 12.4 Å². The Morgan fingerprint density at radius 3 is 2.62 bits per heavy atom. The minimum Gasteiger partial charge on any atom is -0.352 e. The van der Waals surface area contributed by atoms with Gasteiger partial charge in [-0.15, -0.1) is 0 Å². The molecule has 2 amide bonds. The Kier molecular flexibility index (Phi) is 5.53. The smallest absolute Gasteiger partial charge is 0.256 e. The molecule has 3 aromatic rings. The molecule has 0 atom stereocenters. The zero-order valence-electron chi connectivity index (χ0n) is 15.8. The quantitative estimate of drug-likeness (QED) is 0.706. The van der Waals surface area contributed by atoms with Gasteiger partial charge < -0.3 is 14.8 Å². The van der Waals surface area contributed by atoms with Gasteiger partial charge in [-0.1, -0.05) is 29.8 Å². The van der Waals surface area contributed by atoms with Gasteiger partial charge >= 0.3 is 0 Å². The summed E-state index contributed by atoms with van der Waals surface area (Å²) in [7, 11) is 0. The fraction of sp³-hybridized carbons (Fsp3) is 0.273. The number of hydrogen-bond donors (Lipinski definition) is 1. The van der Waals surface area contributed by atoms with Crippen LogP contribution >= 0.6 is 11.6 Å². The van der Waals surface area contributed by atoms with Crippen molar-refractivity contribution in [2.24, 2.45) is 0 Å². The summed E-state index contributed by atoms with van der Waals surface area (Å²) < 4.78 is 15.7. The van der Waals surface area contributed by atoms with Gasteiger partial charge in [0, 0.05) is 35.9 Å². The van der Waals surface area contributed by atoms with Crippen molar-refractivity contribution in [3.63, 3.8) is 0 Å². The number of likely N-dealkylation sites (tertiary alicyclic amines) is 1. The summed E-state index contributed by atoms with van der Waals surface area (Å²) in [6, 6.07) is 13.5. The SMILES string of the molecule is O=C(Cn1ccc2ccc(Cl)cc21)NC1CCN(C(=O)c2ccccc2F)CC1. The highest BCUT2D eigenvalue weighted by Crippen LogP contribution is 2.21. The molecule has 1 N–H and O–H groups in total. The van der Waals surface area contributed by atoms with Crippen LogP contribution in [0, 0.1) is 5.82 Å². The zero-order valence-corrected chi connectivity index (χ0v) is 16.5. The molecular weight excluding hydrogens is 393 g/mol. The number of rotatable bonds is 4. The van der Waals surface area contributed by atoms with Crippen LogP contribution in [0.4, 0.5) is 4.39 Å². The van der Waals surface area contributed by atoms with Crippen LogP contribution in [0.25, 0.3) is 10.9 Å². The third kappa shape index (κ3) is 4.27. The Hall–Kier alpha value is -2.86. The van der Waals surface area contributed by atoms with Crippen molar-refractivity contribution in [3.05, 3.63) is 71.1 Å². The Balaban J connectivity index is 1.32. The van der Waals surface area contributed by atoms with Crippen LogP contribution in [0.2, 0.25) is 5.02 Å². The van der Waals surface area contributed by atoms with Gasteiger partial charge in [0.2, 0.25) is 5.91 Å². The lowest BCUT2D eigenvalue weighted by atomic mass is 10.0. The van der Waals surface area contributed by atoms with Crippen LogP contribution in [0.5, 0.6) is 0 Å². The summed E-state index contributed by atoms with van der Waals surface area (Å²) in [4.78, 5) is 26.6. The summed E-state index contributed by atoms with van der Waals surface area (Å²) in [6.45, 7) is 1.18. The highest BCUT2D eigenvalue weighted by molar-refractivity contribution is 6.31. The third-order valence-corrected chi connectivity index (χ3v) is 5.54. The highest BCUT2D eigenvalue weighted by Gasteiger charge is 2.26. The molecule has 29 heavy (non-hydrogen) atoms. The molecule has 1 fully saturated rings. The number of amides is 2. The van der Waals surface area contributed by atoms with Gasteiger partial charge in [-0.25, -0.2) is 4.39 Å². The van der Waals surface area contributed by atoms with Gasteiger partial charge in [-0.05, 0) is 48.6 Å². The predicted molar refractivity (Wildman–Crippen MR) is 110 cm³/mol. The van der Waals surface area contributed by atoms with Crippen LogP contribution in [-0.4, -0.2) is 40.4 Å². The van der Waals surface area contributed by atoms with E-state index in [1.165, 1.54) is 12.1 Å². The summed E-state index contributed by atoms with van der Waals surface area (Å²) in [5.41, 5.74) is 1.01. The number of benzene rings is 2. The van der Waals surface area contributed by atoms with E-state index in [0.717, 1.165) is 10.9 Å². The summed E-state index contributed by atoms with van der Waals surface area (Å²) in [5, 5.41) is 4.70. The van der Waals surface area contributed by atoms with Gasteiger partial charge in [0.25, 0.3) is 5.91 Å². The molecule has 0 unspecified atom stereocenters. The molecule has 0 radical (unpaired) electrons. The number of piperidine rings is 1. The number of nitrogens with one attached hydrogen (secondary N) is 1. The van der Waals surface area contributed by atoms with E-state index in [1.807, 2.05) is 35.0 Å². The summed E-state index contributed by atoms with van der Waals surface area (Å²) >= 11 is 6.06. The van der Waals surface area contributed by atoms with Crippen molar-refractivity contribution in [2.75, 3.05) is 13.1 Å². The largest absolute Gasteiger partial charge is 0.352 e. The molecule has 1 aliphatic rings. The van der Waals surface area contributed by atoms with Crippen molar-refractivity contribution < 1.29 is 14.0 Å². The van der Waals surface area contributed by atoms with Gasteiger partial charge in [0.15, 0.2) is 0 Å². The lowest BCUT2D eigenvalue weighted by molar-refractivity contribution is -0.122. The van der Waals surface area contributed by atoms with E-state index in [1.54, 1.807) is 17.0 Å². The van der Waals surface area contributed by atoms with Crippen LogP contribution < -0.4 is 5.32 Å².